The van der Waals surface area contributed by atoms with Crippen molar-refractivity contribution < 1.29 is 9.59 Å². The van der Waals surface area contributed by atoms with Gasteiger partial charge in [-0.2, -0.15) is 0 Å². The van der Waals surface area contributed by atoms with E-state index >= 15 is 0 Å². The Morgan fingerprint density at radius 2 is 1.67 bits per heavy atom. The Hall–Kier alpha value is -1.26. The minimum absolute atomic E-state index is 0.00667. The zero-order chi connectivity index (χ0) is 16.1. The normalized spacial score (nSPS) is 13.4. The molecule has 4 heteroatoms. The van der Waals surface area contributed by atoms with E-state index in [4.69, 9.17) is 5.73 Å². The third kappa shape index (κ3) is 8.58. The molecule has 0 rings (SSSR count). The van der Waals surface area contributed by atoms with Gasteiger partial charge in [0.15, 0.2) is 0 Å². The lowest BCUT2D eigenvalue weighted by atomic mass is 9.89. The van der Waals surface area contributed by atoms with E-state index in [1.807, 2.05) is 12.2 Å². The highest BCUT2D eigenvalue weighted by atomic mass is 16.1. The summed E-state index contributed by atoms with van der Waals surface area (Å²) in [7, 11) is 1.79. The van der Waals surface area contributed by atoms with Crippen LogP contribution in [0.1, 0.15) is 44.9 Å². The number of nitrogens with one attached hydrogen (secondary N) is 1. The molecule has 2 atom stereocenters. The quantitative estimate of drug-likeness (QED) is 0.381. The van der Waals surface area contributed by atoms with Crippen LogP contribution in [-0.2, 0) is 9.59 Å². The molecular formula is C17H30N2O2. The van der Waals surface area contributed by atoms with Gasteiger partial charge in [0.1, 0.15) is 11.6 Å². The Bertz CT molecular complexity index is 340. The largest absolute Gasteiger partial charge is 0.324 e. The highest BCUT2D eigenvalue weighted by Crippen LogP contribution is 2.17. The second kappa shape index (κ2) is 12.5. The van der Waals surface area contributed by atoms with Crippen molar-refractivity contribution in [3.8, 4) is 0 Å². The summed E-state index contributed by atoms with van der Waals surface area (Å²) in [6, 6.07) is -0.183. The summed E-state index contributed by atoms with van der Waals surface area (Å²) in [4.78, 5) is 24.2. The summed E-state index contributed by atoms with van der Waals surface area (Å²) in [5, 5.41) is 3.05. The van der Waals surface area contributed by atoms with Crippen LogP contribution in [0.3, 0.4) is 0 Å². The monoisotopic (exact) mass is 294 g/mol. The van der Waals surface area contributed by atoms with Gasteiger partial charge < -0.3 is 11.1 Å². The van der Waals surface area contributed by atoms with E-state index in [1.165, 1.54) is 0 Å². The zero-order valence-electron chi connectivity index (χ0n) is 13.3. The molecule has 0 amide bonds. The average Bonchev–Trinajstić information content (AvgIpc) is 2.49. The number of ketones is 2. The number of unbranched alkanes of at least 4 members (excludes halogenated alkanes) is 2. The smallest absolute Gasteiger partial charge is 0.150 e. The fourth-order valence-electron chi connectivity index (χ4n) is 2.37. The van der Waals surface area contributed by atoms with Crippen LogP contribution in [0.5, 0.6) is 0 Å². The summed E-state index contributed by atoms with van der Waals surface area (Å²) in [5.74, 6) is -0.168. The Balaban J connectivity index is 4.48. The lowest BCUT2D eigenvalue weighted by Gasteiger charge is -2.19. The molecule has 120 valence electrons. The predicted molar refractivity (Wildman–Crippen MR) is 88.1 cm³/mol. The Kier molecular flexibility index (Phi) is 11.7. The third-order valence-corrected chi connectivity index (χ3v) is 3.70. The maximum atomic E-state index is 12.3. The minimum atomic E-state index is -0.252. The van der Waals surface area contributed by atoms with Crippen molar-refractivity contribution >= 4 is 11.6 Å². The molecule has 4 nitrogen and oxygen atoms in total. The maximum absolute atomic E-state index is 12.3. The Labute approximate surface area is 128 Å². The fourth-order valence-corrected chi connectivity index (χ4v) is 2.37. The summed E-state index contributed by atoms with van der Waals surface area (Å²) >= 11 is 0. The number of hydrogen-bond donors (Lipinski definition) is 2. The van der Waals surface area contributed by atoms with Crippen molar-refractivity contribution in [1.29, 1.82) is 0 Å². The third-order valence-electron chi connectivity index (χ3n) is 3.70. The molecule has 0 aliphatic carbocycles. The van der Waals surface area contributed by atoms with E-state index in [-0.39, 0.29) is 36.5 Å². The maximum Gasteiger partial charge on any atom is 0.150 e. The first-order chi connectivity index (χ1) is 10.1. The molecule has 21 heavy (non-hydrogen) atoms. The standard InChI is InChI=1S/C17H30N2O2/c1-4-6-8-10-14(17(21)13-18)12-16(20)15(19-3)11-9-7-5-2/h4-5,14-15,19H,1-2,6-13,18H2,3H3/t14?,15-/m1/s1. The van der Waals surface area contributed by atoms with E-state index in [0.29, 0.717) is 6.42 Å². The average molecular weight is 294 g/mol. The molecule has 0 aromatic rings. The lowest BCUT2D eigenvalue weighted by molar-refractivity contribution is -0.128. The Morgan fingerprint density at radius 3 is 2.14 bits per heavy atom. The summed E-state index contributed by atoms with van der Waals surface area (Å²) < 4.78 is 0. The number of carbonyl (C=O) groups is 2. The van der Waals surface area contributed by atoms with Crippen molar-refractivity contribution in [3.63, 3.8) is 0 Å². The molecule has 1 unspecified atom stereocenters. The highest BCUT2D eigenvalue weighted by molar-refractivity contribution is 5.91. The SMILES string of the molecule is C=CCCCC(CC(=O)[C@@H](CCCC=C)NC)C(=O)CN. The van der Waals surface area contributed by atoms with Gasteiger partial charge in [-0.1, -0.05) is 12.2 Å². The molecule has 0 saturated carbocycles. The van der Waals surface area contributed by atoms with Crippen molar-refractivity contribution in [3.05, 3.63) is 25.3 Å². The molecule has 0 bridgehead atoms. The van der Waals surface area contributed by atoms with Gasteiger partial charge in [-0.15, -0.1) is 13.2 Å². The van der Waals surface area contributed by atoms with E-state index in [1.54, 1.807) is 7.05 Å². The van der Waals surface area contributed by atoms with E-state index in [0.717, 1.165) is 32.1 Å². The molecule has 0 radical (unpaired) electrons. The molecule has 0 aliphatic heterocycles. The van der Waals surface area contributed by atoms with Gasteiger partial charge in [0.25, 0.3) is 0 Å². The van der Waals surface area contributed by atoms with Crippen molar-refractivity contribution in [2.45, 2.75) is 51.0 Å². The molecule has 3 N–H and O–H groups in total. The van der Waals surface area contributed by atoms with Crippen LogP contribution < -0.4 is 11.1 Å². The van der Waals surface area contributed by atoms with Gasteiger partial charge in [0.05, 0.1) is 12.6 Å². The van der Waals surface area contributed by atoms with Crippen molar-refractivity contribution in [2.24, 2.45) is 11.7 Å². The van der Waals surface area contributed by atoms with Crippen LogP contribution in [0.4, 0.5) is 0 Å². The molecule has 0 saturated heterocycles. The molecular weight excluding hydrogens is 264 g/mol. The first-order valence-corrected chi connectivity index (χ1v) is 7.75. The second-order valence-corrected chi connectivity index (χ2v) is 5.32. The van der Waals surface area contributed by atoms with Crippen molar-refractivity contribution in [2.75, 3.05) is 13.6 Å². The van der Waals surface area contributed by atoms with Gasteiger partial charge in [0, 0.05) is 12.3 Å². The molecule has 0 spiro atoms. The lowest BCUT2D eigenvalue weighted by Crippen LogP contribution is -2.37. The molecule has 0 fully saturated rings. The van der Waals surface area contributed by atoms with E-state index in [9.17, 15) is 9.59 Å². The number of Topliss-reactive ketones (excluding diaryl/α,β-unsaturated/α-hetero) is 2. The molecule has 0 aromatic carbocycles. The predicted octanol–water partition coefficient (Wildman–Crippen LogP) is 2.39. The Morgan fingerprint density at radius 1 is 1.10 bits per heavy atom. The number of allylic oxidation sites excluding steroid dienone is 2. The van der Waals surface area contributed by atoms with Crippen LogP contribution in [0.25, 0.3) is 0 Å². The molecule has 0 aliphatic rings. The van der Waals surface area contributed by atoms with Gasteiger partial charge in [-0.05, 0) is 45.6 Å². The van der Waals surface area contributed by atoms with Gasteiger partial charge in [-0.25, -0.2) is 0 Å². The van der Waals surface area contributed by atoms with Crippen LogP contribution in [0.15, 0.2) is 25.3 Å². The number of hydrogen-bond acceptors (Lipinski definition) is 4. The number of carbonyl (C=O) groups excluding carboxylic acids is 2. The number of rotatable bonds is 14. The van der Waals surface area contributed by atoms with Crippen LogP contribution in [-0.4, -0.2) is 31.2 Å². The van der Waals surface area contributed by atoms with Gasteiger partial charge in [-0.3, -0.25) is 9.59 Å². The van der Waals surface area contributed by atoms with Crippen LogP contribution >= 0.6 is 0 Å². The highest BCUT2D eigenvalue weighted by Gasteiger charge is 2.24. The topological polar surface area (TPSA) is 72.2 Å². The summed E-state index contributed by atoms with van der Waals surface area (Å²) in [6.07, 6.45) is 9.00. The fraction of sp³-hybridized carbons (Fsp3) is 0.647. The molecule has 0 aromatic heterocycles. The minimum Gasteiger partial charge on any atom is -0.324 e. The van der Waals surface area contributed by atoms with E-state index < -0.39 is 0 Å². The van der Waals surface area contributed by atoms with Crippen molar-refractivity contribution in [1.82, 2.24) is 5.32 Å². The van der Waals surface area contributed by atoms with Crippen LogP contribution in [0, 0.1) is 5.92 Å². The first kappa shape index (κ1) is 19.7. The molecule has 0 heterocycles. The number of likely N-dealkylation sites (N-methyl/N-ethyl adjacent to an activating group) is 1. The summed E-state index contributed by atoms with van der Waals surface area (Å²) in [6.45, 7) is 7.36. The second-order valence-electron chi connectivity index (χ2n) is 5.32. The van der Waals surface area contributed by atoms with Gasteiger partial charge >= 0.3 is 0 Å². The zero-order valence-corrected chi connectivity index (χ0v) is 13.3. The van der Waals surface area contributed by atoms with Crippen LogP contribution in [0.2, 0.25) is 0 Å². The summed E-state index contributed by atoms with van der Waals surface area (Å²) in [5.41, 5.74) is 5.45. The number of nitrogens with two attached hydrogens (primary N) is 1. The van der Waals surface area contributed by atoms with E-state index in [2.05, 4.69) is 18.5 Å². The first-order valence-electron chi connectivity index (χ1n) is 7.75. The van der Waals surface area contributed by atoms with Gasteiger partial charge in [0.2, 0.25) is 0 Å².